The Morgan fingerprint density at radius 1 is 1.16 bits per heavy atom. The highest BCUT2D eigenvalue weighted by atomic mass is 16.6. The molecular formula is C14H12N2O3. The molecule has 5 nitrogen and oxygen atoms in total. The Bertz CT molecular complexity index is 610. The van der Waals surface area contributed by atoms with Gasteiger partial charge in [0, 0.05) is 23.4 Å². The molecule has 0 fully saturated rings. The van der Waals surface area contributed by atoms with Crippen LogP contribution in [0.2, 0.25) is 0 Å². The minimum atomic E-state index is -0.405. The van der Waals surface area contributed by atoms with Crippen LogP contribution in [0, 0.1) is 10.1 Å². The summed E-state index contributed by atoms with van der Waals surface area (Å²) in [6.45, 7) is 0.566. The number of non-ortho nitro benzene ring substituents is 1. The maximum atomic E-state index is 10.6. The van der Waals surface area contributed by atoms with Gasteiger partial charge in [0.1, 0.15) is 12.4 Å². The number of fused-ring (bicyclic) bond motifs is 1. The number of ether oxygens (including phenoxy) is 1. The molecule has 0 saturated carbocycles. The van der Waals surface area contributed by atoms with E-state index in [0.717, 1.165) is 17.0 Å². The number of nitro groups is 1. The zero-order chi connectivity index (χ0) is 13.2. The Morgan fingerprint density at radius 2 is 1.89 bits per heavy atom. The Balaban J connectivity index is 1.78. The average molecular weight is 256 g/mol. The van der Waals surface area contributed by atoms with Crippen LogP contribution < -0.4 is 10.1 Å². The summed E-state index contributed by atoms with van der Waals surface area (Å²) < 4.78 is 5.57. The number of rotatable bonds is 3. The van der Waals surface area contributed by atoms with Gasteiger partial charge in [-0.3, -0.25) is 10.1 Å². The minimum Gasteiger partial charge on any atom is -0.491 e. The maximum absolute atomic E-state index is 10.6. The molecule has 1 heterocycles. The van der Waals surface area contributed by atoms with Crippen LogP contribution in [0.3, 0.4) is 0 Å². The number of nitrogens with one attached hydrogen (secondary N) is 1. The summed E-state index contributed by atoms with van der Waals surface area (Å²) in [5, 5.41) is 13.9. The third-order valence-electron chi connectivity index (χ3n) is 3.12. The Labute approximate surface area is 110 Å². The van der Waals surface area contributed by atoms with Gasteiger partial charge in [0.15, 0.2) is 0 Å². The lowest BCUT2D eigenvalue weighted by Crippen LogP contribution is -2.11. The lowest BCUT2D eigenvalue weighted by atomic mass is 10.1. The van der Waals surface area contributed by atoms with Gasteiger partial charge in [-0.15, -0.1) is 0 Å². The molecule has 19 heavy (non-hydrogen) atoms. The van der Waals surface area contributed by atoms with Crippen LogP contribution in [0.5, 0.6) is 5.75 Å². The number of nitro benzene ring substituents is 1. The third-order valence-corrected chi connectivity index (χ3v) is 3.12. The normalized spacial score (nSPS) is 16.5. The van der Waals surface area contributed by atoms with Crippen LogP contribution in [0.15, 0.2) is 48.5 Å². The van der Waals surface area contributed by atoms with Crippen LogP contribution in [0.25, 0.3) is 0 Å². The molecule has 1 atom stereocenters. The van der Waals surface area contributed by atoms with E-state index in [1.165, 1.54) is 12.1 Å². The van der Waals surface area contributed by atoms with Crippen molar-refractivity contribution in [1.29, 1.82) is 0 Å². The molecule has 3 rings (SSSR count). The quantitative estimate of drug-likeness (QED) is 0.676. The van der Waals surface area contributed by atoms with Crippen LogP contribution in [-0.2, 0) is 0 Å². The molecule has 0 amide bonds. The van der Waals surface area contributed by atoms with Crippen molar-refractivity contribution < 1.29 is 9.66 Å². The van der Waals surface area contributed by atoms with Gasteiger partial charge in [0.2, 0.25) is 0 Å². The van der Waals surface area contributed by atoms with E-state index in [2.05, 4.69) is 5.32 Å². The largest absolute Gasteiger partial charge is 0.491 e. The summed E-state index contributed by atoms with van der Waals surface area (Å²) in [6.07, 6.45) is 0. The summed E-state index contributed by atoms with van der Waals surface area (Å²) in [7, 11) is 0. The molecule has 2 aromatic rings. The Hall–Kier alpha value is -2.56. The Morgan fingerprint density at radius 3 is 2.63 bits per heavy atom. The van der Waals surface area contributed by atoms with Crippen molar-refractivity contribution in [2.24, 2.45) is 0 Å². The summed E-state index contributed by atoms with van der Waals surface area (Å²) in [4.78, 5) is 10.2. The van der Waals surface area contributed by atoms with E-state index >= 15 is 0 Å². The van der Waals surface area contributed by atoms with Crippen molar-refractivity contribution in [1.82, 2.24) is 0 Å². The van der Waals surface area contributed by atoms with Crippen LogP contribution >= 0.6 is 0 Å². The third kappa shape index (κ3) is 2.22. The van der Waals surface area contributed by atoms with E-state index in [1.807, 2.05) is 24.3 Å². The van der Waals surface area contributed by atoms with Crippen LogP contribution in [0.1, 0.15) is 11.6 Å². The minimum absolute atomic E-state index is 0.0812. The molecule has 0 bridgehead atoms. The summed E-state index contributed by atoms with van der Waals surface area (Å²) in [6, 6.07) is 14.3. The Kier molecular flexibility index (Phi) is 2.79. The standard InChI is InChI=1S/C14H12N2O3/c17-16(18)11-7-5-10(6-8-11)15-13-9-19-14-4-2-1-3-12(13)14/h1-8,13,15H,9H2. The molecule has 5 heteroatoms. The van der Waals surface area contributed by atoms with Crippen molar-refractivity contribution in [3.63, 3.8) is 0 Å². The van der Waals surface area contributed by atoms with Gasteiger partial charge in [-0.05, 0) is 18.2 Å². The van der Waals surface area contributed by atoms with Gasteiger partial charge < -0.3 is 10.1 Å². The molecule has 0 aliphatic carbocycles. The topological polar surface area (TPSA) is 64.4 Å². The van der Waals surface area contributed by atoms with Crippen molar-refractivity contribution >= 4 is 11.4 Å². The van der Waals surface area contributed by atoms with Gasteiger partial charge in [0.25, 0.3) is 5.69 Å². The summed E-state index contributed by atoms with van der Waals surface area (Å²) >= 11 is 0. The number of nitrogens with zero attached hydrogens (tertiary/aromatic N) is 1. The average Bonchev–Trinajstić information content (AvgIpc) is 2.83. The molecule has 2 aromatic carbocycles. The van der Waals surface area contributed by atoms with E-state index in [-0.39, 0.29) is 11.7 Å². The monoisotopic (exact) mass is 256 g/mol. The number of hydrogen-bond acceptors (Lipinski definition) is 4. The second-order valence-corrected chi connectivity index (χ2v) is 4.35. The summed E-state index contributed by atoms with van der Waals surface area (Å²) in [5.74, 6) is 0.891. The highest BCUT2D eigenvalue weighted by Crippen LogP contribution is 2.34. The van der Waals surface area contributed by atoms with E-state index in [1.54, 1.807) is 12.1 Å². The van der Waals surface area contributed by atoms with Crippen molar-refractivity contribution in [3.05, 3.63) is 64.2 Å². The van der Waals surface area contributed by atoms with Crippen LogP contribution in [-0.4, -0.2) is 11.5 Å². The van der Waals surface area contributed by atoms with Gasteiger partial charge >= 0.3 is 0 Å². The molecule has 1 aliphatic heterocycles. The number of para-hydroxylation sites is 1. The molecule has 0 radical (unpaired) electrons. The highest BCUT2D eigenvalue weighted by Gasteiger charge is 2.23. The fourth-order valence-electron chi connectivity index (χ4n) is 2.16. The lowest BCUT2D eigenvalue weighted by molar-refractivity contribution is -0.384. The van der Waals surface area contributed by atoms with E-state index in [0.29, 0.717) is 6.61 Å². The fraction of sp³-hybridized carbons (Fsp3) is 0.143. The van der Waals surface area contributed by atoms with E-state index in [9.17, 15) is 10.1 Å². The number of anilines is 1. The zero-order valence-electron chi connectivity index (χ0n) is 10.1. The first-order valence-electron chi connectivity index (χ1n) is 5.97. The number of hydrogen-bond donors (Lipinski definition) is 1. The smallest absolute Gasteiger partial charge is 0.269 e. The molecule has 1 unspecified atom stereocenters. The summed E-state index contributed by atoms with van der Waals surface area (Å²) in [5.41, 5.74) is 2.05. The molecule has 0 aromatic heterocycles. The van der Waals surface area contributed by atoms with Gasteiger partial charge in [-0.25, -0.2) is 0 Å². The van der Waals surface area contributed by atoms with Crippen LogP contribution in [0.4, 0.5) is 11.4 Å². The van der Waals surface area contributed by atoms with E-state index < -0.39 is 4.92 Å². The SMILES string of the molecule is O=[N+]([O-])c1ccc(NC2COc3ccccc32)cc1. The zero-order valence-corrected chi connectivity index (χ0v) is 10.1. The first-order valence-corrected chi connectivity index (χ1v) is 5.97. The second-order valence-electron chi connectivity index (χ2n) is 4.35. The van der Waals surface area contributed by atoms with E-state index in [4.69, 9.17) is 4.74 Å². The first-order chi connectivity index (χ1) is 9.24. The molecule has 0 spiro atoms. The van der Waals surface area contributed by atoms with Gasteiger partial charge in [-0.2, -0.15) is 0 Å². The fourth-order valence-corrected chi connectivity index (χ4v) is 2.16. The first kappa shape index (κ1) is 11.5. The maximum Gasteiger partial charge on any atom is 0.269 e. The molecule has 1 aliphatic rings. The highest BCUT2D eigenvalue weighted by molar-refractivity contribution is 5.52. The van der Waals surface area contributed by atoms with Gasteiger partial charge in [0.05, 0.1) is 11.0 Å². The molecule has 96 valence electrons. The number of benzene rings is 2. The predicted octanol–water partition coefficient (Wildman–Crippen LogP) is 3.14. The molecule has 1 N–H and O–H groups in total. The van der Waals surface area contributed by atoms with Crippen molar-refractivity contribution in [2.75, 3.05) is 11.9 Å². The molecular weight excluding hydrogens is 244 g/mol. The lowest BCUT2D eigenvalue weighted by Gasteiger charge is -2.12. The van der Waals surface area contributed by atoms with Crippen molar-refractivity contribution in [2.45, 2.75) is 6.04 Å². The van der Waals surface area contributed by atoms with Crippen molar-refractivity contribution in [3.8, 4) is 5.75 Å². The van der Waals surface area contributed by atoms with Gasteiger partial charge in [-0.1, -0.05) is 18.2 Å². The molecule has 0 saturated heterocycles. The predicted molar refractivity (Wildman–Crippen MR) is 71.4 cm³/mol. The second kappa shape index (κ2) is 4.61.